The minimum absolute atomic E-state index is 0.0534. The van der Waals surface area contributed by atoms with E-state index < -0.39 is 0 Å². The van der Waals surface area contributed by atoms with Crippen LogP contribution in [0.5, 0.6) is 5.75 Å². The van der Waals surface area contributed by atoms with Gasteiger partial charge in [-0.3, -0.25) is 4.99 Å². The zero-order chi connectivity index (χ0) is 13.6. The molecule has 2 aliphatic rings. The molecular formula is C15H21N3O. The molecule has 19 heavy (non-hydrogen) atoms. The van der Waals surface area contributed by atoms with Crippen LogP contribution in [0.25, 0.3) is 0 Å². The third kappa shape index (κ3) is 1.62. The SMILES string of the molecule is COc1ccc2c(c1)C1(CC2)CN=C(N)N1C(C)C. The van der Waals surface area contributed by atoms with Gasteiger partial charge in [-0.2, -0.15) is 0 Å². The Labute approximate surface area is 114 Å². The lowest BCUT2D eigenvalue weighted by atomic mass is 9.89. The van der Waals surface area contributed by atoms with Gasteiger partial charge in [0.2, 0.25) is 0 Å². The molecule has 1 unspecified atom stereocenters. The second-order valence-electron chi connectivity index (χ2n) is 5.69. The van der Waals surface area contributed by atoms with Gasteiger partial charge in [0.1, 0.15) is 5.75 Å². The lowest BCUT2D eigenvalue weighted by molar-refractivity contribution is 0.164. The molecule has 0 radical (unpaired) electrons. The third-order valence-corrected chi connectivity index (χ3v) is 4.35. The van der Waals surface area contributed by atoms with Crippen molar-refractivity contribution in [3.05, 3.63) is 29.3 Å². The minimum Gasteiger partial charge on any atom is -0.497 e. The van der Waals surface area contributed by atoms with Gasteiger partial charge in [-0.25, -0.2) is 0 Å². The molecule has 0 saturated heterocycles. The van der Waals surface area contributed by atoms with E-state index in [9.17, 15) is 0 Å². The van der Waals surface area contributed by atoms with E-state index >= 15 is 0 Å². The van der Waals surface area contributed by atoms with Crippen molar-refractivity contribution in [1.29, 1.82) is 0 Å². The minimum atomic E-state index is -0.0534. The average Bonchev–Trinajstić information content (AvgIpc) is 2.92. The summed E-state index contributed by atoms with van der Waals surface area (Å²) in [6.45, 7) is 5.11. The highest BCUT2D eigenvalue weighted by Crippen LogP contribution is 2.46. The molecule has 2 N–H and O–H groups in total. The molecule has 0 bridgehead atoms. The van der Waals surface area contributed by atoms with E-state index in [1.54, 1.807) is 7.11 Å². The normalized spacial score (nSPS) is 25.1. The van der Waals surface area contributed by atoms with Crippen molar-refractivity contribution in [2.45, 2.75) is 38.3 Å². The van der Waals surface area contributed by atoms with E-state index in [1.165, 1.54) is 11.1 Å². The summed E-state index contributed by atoms with van der Waals surface area (Å²) in [5, 5.41) is 0. The monoisotopic (exact) mass is 259 g/mol. The van der Waals surface area contributed by atoms with Crippen molar-refractivity contribution in [2.75, 3.05) is 13.7 Å². The van der Waals surface area contributed by atoms with Gasteiger partial charge in [-0.05, 0) is 49.9 Å². The maximum Gasteiger partial charge on any atom is 0.192 e. The molecule has 102 valence electrons. The molecule has 1 spiro atoms. The first kappa shape index (κ1) is 12.3. The Morgan fingerprint density at radius 1 is 1.42 bits per heavy atom. The zero-order valence-electron chi connectivity index (χ0n) is 11.8. The molecule has 4 heteroatoms. The van der Waals surface area contributed by atoms with Gasteiger partial charge in [0.15, 0.2) is 5.96 Å². The number of aryl methyl sites for hydroxylation is 1. The molecule has 1 heterocycles. The Kier molecular flexibility index (Phi) is 2.69. The first-order valence-electron chi connectivity index (χ1n) is 6.85. The average molecular weight is 259 g/mol. The van der Waals surface area contributed by atoms with Crippen molar-refractivity contribution >= 4 is 5.96 Å². The molecule has 1 aliphatic carbocycles. The number of aliphatic imine (C=N–C) groups is 1. The van der Waals surface area contributed by atoms with E-state index in [-0.39, 0.29) is 5.54 Å². The third-order valence-electron chi connectivity index (χ3n) is 4.35. The highest BCUT2D eigenvalue weighted by molar-refractivity contribution is 5.82. The van der Waals surface area contributed by atoms with Crippen LogP contribution >= 0.6 is 0 Å². The highest BCUT2D eigenvalue weighted by atomic mass is 16.5. The number of rotatable bonds is 2. The van der Waals surface area contributed by atoms with Crippen LogP contribution in [0, 0.1) is 0 Å². The summed E-state index contributed by atoms with van der Waals surface area (Å²) < 4.78 is 5.38. The van der Waals surface area contributed by atoms with E-state index in [0.717, 1.165) is 25.1 Å². The number of ether oxygens (including phenoxy) is 1. The molecule has 0 amide bonds. The summed E-state index contributed by atoms with van der Waals surface area (Å²) >= 11 is 0. The number of nitrogens with zero attached hydrogens (tertiary/aromatic N) is 2. The van der Waals surface area contributed by atoms with Crippen LogP contribution in [0.4, 0.5) is 0 Å². The van der Waals surface area contributed by atoms with Gasteiger partial charge < -0.3 is 15.4 Å². The largest absolute Gasteiger partial charge is 0.497 e. The lowest BCUT2D eigenvalue weighted by Gasteiger charge is -2.40. The van der Waals surface area contributed by atoms with Gasteiger partial charge in [-0.1, -0.05) is 6.07 Å². The Morgan fingerprint density at radius 2 is 2.21 bits per heavy atom. The molecule has 1 aliphatic heterocycles. The first-order valence-corrected chi connectivity index (χ1v) is 6.85. The van der Waals surface area contributed by atoms with Crippen LogP contribution < -0.4 is 10.5 Å². The van der Waals surface area contributed by atoms with Crippen LogP contribution in [-0.2, 0) is 12.0 Å². The number of hydrogen-bond donors (Lipinski definition) is 1. The number of nitrogens with two attached hydrogens (primary N) is 1. The van der Waals surface area contributed by atoms with Crippen LogP contribution in [-0.4, -0.2) is 30.6 Å². The topological polar surface area (TPSA) is 50.9 Å². The van der Waals surface area contributed by atoms with Crippen molar-refractivity contribution in [2.24, 2.45) is 10.7 Å². The van der Waals surface area contributed by atoms with E-state index in [2.05, 4.69) is 35.9 Å². The molecular weight excluding hydrogens is 238 g/mol. The summed E-state index contributed by atoms with van der Waals surface area (Å²) in [6.07, 6.45) is 2.17. The Hall–Kier alpha value is -1.71. The van der Waals surface area contributed by atoms with Crippen molar-refractivity contribution in [3.8, 4) is 5.75 Å². The van der Waals surface area contributed by atoms with Gasteiger partial charge in [-0.15, -0.1) is 0 Å². The zero-order valence-corrected chi connectivity index (χ0v) is 11.8. The summed E-state index contributed by atoms with van der Waals surface area (Å²) in [5.74, 6) is 1.58. The second-order valence-corrected chi connectivity index (χ2v) is 5.69. The van der Waals surface area contributed by atoms with Crippen molar-refractivity contribution < 1.29 is 4.74 Å². The van der Waals surface area contributed by atoms with Gasteiger partial charge in [0, 0.05) is 6.04 Å². The maximum atomic E-state index is 6.11. The van der Waals surface area contributed by atoms with E-state index in [4.69, 9.17) is 10.5 Å². The van der Waals surface area contributed by atoms with Crippen LogP contribution in [0.15, 0.2) is 23.2 Å². The smallest absolute Gasteiger partial charge is 0.192 e. The first-order chi connectivity index (χ1) is 9.08. The lowest BCUT2D eigenvalue weighted by Crippen LogP contribution is -2.51. The second kappa shape index (κ2) is 4.15. The van der Waals surface area contributed by atoms with Gasteiger partial charge >= 0.3 is 0 Å². The molecule has 0 saturated carbocycles. The van der Waals surface area contributed by atoms with E-state index in [0.29, 0.717) is 12.0 Å². The predicted molar refractivity (Wildman–Crippen MR) is 76.5 cm³/mol. The van der Waals surface area contributed by atoms with Crippen molar-refractivity contribution in [3.63, 3.8) is 0 Å². The molecule has 1 aromatic carbocycles. The molecule has 4 nitrogen and oxygen atoms in total. The van der Waals surface area contributed by atoms with Crippen LogP contribution in [0.3, 0.4) is 0 Å². The molecule has 0 aromatic heterocycles. The molecule has 1 aromatic rings. The fourth-order valence-electron chi connectivity index (χ4n) is 3.57. The fraction of sp³-hybridized carbons (Fsp3) is 0.533. The summed E-state index contributed by atoms with van der Waals surface area (Å²) in [7, 11) is 1.71. The number of guanidine groups is 1. The standard InChI is InChI=1S/C15H21N3O/c1-10(2)18-14(16)17-9-15(18)7-6-11-4-5-12(19-3)8-13(11)15/h4-5,8,10H,6-7,9H2,1-3H3,(H2,16,17). The maximum absolute atomic E-state index is 6.11. The van der Waals surface area contributed by atoms with E-state index in [1.807, 2.05) is 6.07 Å². The fourth-order valence-corrected chi connectivity index (χ4v) is 3.57. The van der Waals surface area contributed by atoms with Crippen molar-refractivity contribution in [1.82, 2.24) is 4.90 Å². The number of fused-ring (bicyclic) bond motifs is 2. The Balaban J connectivity index is 2.10. The number of hydrogen-bond acceptors (Lipinski definition) is 4. The highest BCUT2D eigenvalue weighted by Gasteiger charge is 2.48. The molecule has 3 rings (SSSR count). The summed E-state index contributed by atoms with van der Waals surface area (Å²) in [5.41, 5.74) is 8.79. The number of benzene rings is 1. The quantitative estimate of drug-likeness (QED) is 0.882. The number of methoxy groups -OCH3 is 1. The Bertz CT molecular complexity index is 538. The Morgan fingerprint density at radius 3 is 2.89 bits per heavy atom. The van der Waals surface area contributed by atoms with Crippen LogP contribution in [0.2, 0.25) is 0 Å². The van der Waals surface area contributed by atoms with Gasteiger partial charge in [0.25, 0.3) is 0 Å². The summed E-state index contributed by atoms with van der Waals surface area (Å²) in [4.78, 5) is 6.78. The van der Waals surface area contributed by atoms with Gasteiger partial charge in [0.05, 0.1) is 19.2 Å². The van der Waals surface area contributed by atoms with Crippen LogP contribution in [0.1, 0.15) is 31.4 Å². The molecule has 1 atom stereocenters. The summed E-state index contributed by atoms with van der Waals surface area (Å²) in [6, 6.07) is 6.72. The molecule has 0 fully saturated rings. The predicted octanol–water partition coefficient (Wildman–Crippen LogP) is 1.88.